The van der Waals surface area contributed by atoms with Gasteiger partial charge in [0.05, 0.1) is 11.4 Å². The minimum absolute atomic E-state index is 0.0858. The van der Waals surface area contributed by atoms with Crippen LogP contribution >= 0.6 is 11.8 Å². The molecule has 2 aromatic carbocycles. The smallest absolute Gasteiger partial charge is 0.274 e. The van der Waals surface area contributed by atoms with Gasteiger partial charge in [-0.25, -0.2) is 5.01 Å². The van der Waals surface area contributed by atoms with Gasteiger partial charge in [0.25, 0.3) is 5.91 Å². The zero-order chi connectivity index (χ0) is 17.2. The molecule has 2 aromatic rings. The molecule has 0 aliphatic carbocycles. The van der Waals surface area contributed by atoms with Crippen LogP contribution in [0.1, 0.15) is 12.8 Å². The van der Waals surface area contributed by atoms with Crippen LogP contribution < -0.4 is 9.91 Å². The Bertz CT molecular complexity index is 851. The van der Waals surface area contributed by atoms with Crippen molar-refractivity contribution in [1.82, 2.24) is 0 Å². The molecule has 126 valence electrons. The fraction of sp³-hybridized carbons (Fsp3) is 0.211. The normalized spacial score (nSPS) is 17.1. The van der Waals surface area contributed by atoms with Gasteiger partial charge in [-0.15, -0.1) is 11.8 Å². The summed E-state index contributed by atoms with van der Waals surface area (Å²) in [6.07, 6.45) is 0.677. The summed E-state index contributed by atoms with van der Waals surface area (Å²) in [5.41, 5.74) is 2.05. The molecule has 0 radical (unpaired) electrons. The number of benzene rings is 2. The highest BCUT2D eigenvalue weighted by atomic mass is 32.2. The molecule has 25 heavy (non-hydrogen) atoms. The zero-order valence-electron chi connectivity index (χ0n) is 13.6. The van der Waals surface area contributed by atoms with Gasteiger partial charge in [0, 0.05) is 30.0 Å². The number of anilines is 2. The highest BCUT2D eigenvalue weighted by molar-refractivity contribution is 7.99. The number of amides is 2. The van der Waals surface area contributed by atoms with Crippen molar-refractivity contribution in [2.45, 2.75) is 17.7 Å². The lowest BCUT2D eigenvalue weighted by atomic mass is 10.1. The van der Waals surface area contributed by atoms with Crippen LogP contribution in [0.5, 0.6) is 0 Å². The number of carbonyl (C=O) groups is 2. The summed E-state index contributed by atoms with van der Waals surface area (Å²) in [7, 11) is 0. The number of carbonyl (C=O) groups excluding carboxylic acids is 2. The summed E-state index contributed by atoms with van der Waals surface area (Å²) >= 11 is 1.76. The molecule has 0 fully saturated rings. The van der Waals surface area contributed by atoms with E-state index in [1.165, 1.54) is 5.01 Å². The van der Waals surface area contributed by atoms with Gasteiger partial charge < -0.3 is 4.90 Å². The second kappa shape index (κ2) is 6.72. The molecule has 0 saturated carbocycles. The maximum atomic E-state index is 13.0. The zero-order valence-corrected chi connectivity index (χ0v) is 14.4. The van der Waals surface area contributed by atoms with Crippen molar-refractivity contribution in [2.75, 3.05) is 22.2 Å². The van der Waals surface area contributed by atoms with Crippen molar-refractivity contribution in [2.24, 2.45) is 5.10 Å². The fourth-order valence-electron chi connectivity index (χ4n) is 3.01. The number of para-hydroxylation sites is 2. The largest absolute Gasteiger partial charge is 0.305 e. The van der Waals surface area contributed by atoms with E-state index in [0.29, 0.717) is 30.8 Å². The van der Waals surface area contributed by atoms with Gasteiger partial charge in [-0.3, -0.25) is 9.59 Å². The van der Waals surface area contributed by atoms with Crippen molar-refractivity contribution in [3.63, 3.8) is 0 Å². The number of nitrogens with zero attached hydrogens (tertiary/aromatic N) is 3. The minimum atomic E-state index is -0.110. The average Bonchev–Trinajstić information content (AvgIpc) is 2.68. The quantitative estimate of drug-likeness (QED) is 0.834. The number of rotatable bonds is 2. The van der Waals surface area contributed by atoms with E-state index >= 15 is 0 Å². The molecule has 0 aromatic heterocycles. The fourth-order valence-corrected chi connectivity index (χ4v) is 4.01. The maximum absolute atomic E-state index is 13.0. The molecule has 0 N–H and O–H groups in total. The van der Waals surface area contributed by atoms with Gasteiger partial charge in [0.2, 0.25) is 5.91 Å². The highest BCUT2D eigenvalue weighted by Crippen LogP contribution is 2.34. The van der Waals surface area contributed by atoms with E-state index in [1.807, 2.05) is 54.6 Å². The second-order valence-electron chi connectivity index (χ2n) is 5.86. The summed E-state index contributed by atoms with van der Waals surface area (Å²) in [6, 6.07) is 17.1. The first-order valence-electron chi connectivity index (χ1n) is 8.23. The van der Waals surface area contributed by atoms with Crippen molar-refractivity contribution in [3.8, 4) is 0 Å². The molecule has 2 aliphatic rings. The Hall–Kier alpha value is -2.60. The lowest BCUT2D eigenvalue weighted by Crippen LogP contribution is -2.43. The van der Waals surface area contributed by atoms with E-state index in [4.69, 9.17) is 0 Å². The van der Waals surface area contributed by atoms with E-state index in [-0.39, 0.29) is 11.8 Å². The van der Waals surface area contributed by atoms with Gasteiger partial charge in [0.1, 0.15) is 5.71 Å². The number of fused-ring (bicyclic) bond motifs is 1. The van der Waals surface area contributed by atoms with Crippen LogP contribution in [0.2, 0.25) is 0 Å². The first-order valence-corrected chi connectivity index (χ1v) is 9.22. The molecule has 4 rings (SSSR count). The molecular weight excluding hydrogens is 334 g/mol. The molecule has 5 nitrogen and oxygen atoms in total. The average molecular weight is 351 g/mol. The third-order valence-electron chi connectivity index (χ3n) is 4.25. The summed E-state index contributed by atoms with van der Waals surface area (Å²) in [6.45, 7) is 0.652. The van der Waals surface area contributed by atoms with Crippen LogP contribution in [-0.2, 0) is 9.59 Å². The van der Waals surface area contributed by atoms with Crippen LogP contribution in [0.4, 0.5) is 11.4 Å². The standard InChI is InChI=1S/C19H17N3O2S/c23-18-11-10-15(20-22(18)14-6-2-1-3-7-14)19(24)21-12-13-25-17-9-5-4-8-16(17)21/h1-9H,10-13H2. The van der Waals surface area contributed by atoms with Crippen molar-refractivity contribution < 1.29 is 9.59 Å². The molecule has 0 unspecified atom stereocenters. The minimum Gasteiger partial charge on any atom is -0.305 e. The van der Waals surface area contributed by atoms with Gasteiger partial charge in [-0.2, -0.15) is 5.10 Å². The maximum Gasteiger partial charge on any atom is 0.274 e. The van der Waals surface area contributed by atoms with Gasteiger partial charge in [-0.05, 0) is 24.3 Å². The van der Waals surface area contributed by atoms with E-state index in [0.717, 1.165) is 16.3 Å². The van der Waals surface area contributed by atoms with Crippen LogP contribution in [0.25, 0.3) is 0 Å². The molecule has 6 heteroatoms. The van der Waals surface area contributed by atoms with E-state index < -0.39 is 0 Å². The lowest BCUT2D eigenvalue weighted by molar-refractivity contribution is -0.118. The van der Waals surface area contributed by atoms with E-state index in [2.05, 4.69) is 5.10 Å². The molecule has 2 amide bonds. The van der Waals surface area contributed by atoms with E-state index in [9.17, 15) is 9.59 Å². The third kappa shape index (κ3) is 3.05. The van der Waals surface area contributed by atoms with Crippen LogP contribution in [0, 0.1) is 0 Å². The molecule has 2 aliphatic heterocycles. The highest BCUT2D eigenvalue weighted by Gasteiger charge is 2.30. The molecule has 0 spiro atoms. The Morgan fingerprint density at radius 2 is 1.76 bits per heavy atom. The van der Waals surface area contributed by atoms with Gasteiger partial charge in [-0.1, -0.05) is 30.3 Å². The van der Waals surface area contributed by atoms with Crippen molar-refractivity contribution >= 4 is 40.7 Å². The summed E-state index contributed by atoms with van der Waals surface area (Å²) in [5.74, 6) is 0.663. The number of hydrazone groups is 1. The molecule has 0 saturated heterocycles. The van der Waals surface area contributed by atoms with E-state index in [1.54, 1.807) is 16.7 Å². The Morgan fingerprint density at radius 1 is 1.00 bits per heavy atom. The molecule has 0 atom stereocenters. The van der Waals surface area contributed by atoms with Crippen LogP contribution in [0.15, 0.2) is 64.6 Å². The first-order chi connectivity index (χ1) is 12.2. The summed E-state index contributed by atoms with van der Waals surface area (Å²) in [4.78, 5) is 28.2. The SMILES string of the molecule is O=C(C1=NN(c2ccccc2)C(=O)CC1)N1CCSc2ccccc21. The number of hydrogen-bond donors (Lipinski definition) is 0. The summed E-state index contributed by atoms with van der Waals surface area (Å²) < 4.78 is 0. The van der Waals surface area contributed by atoms with Gasteiger partial charge >= 0.3 is 0 Å². The van der Waals surface area contributed by atoms with Crippen LogP contribution in [-0.4, -0.2) is 29.8 Å². The molecular formula is C19H17N3O2S. The summed E-state index contributed by atoms with van der Waals surface area (Å²) in [5, 5.41) is 5.73. The number of hydrogen-bond acceptors (Lipinski definition) is 4. The topological polar surface area (TPSA) is 53.0 Å². The van der Waals surface area contributed by atoms with Crippen molar-refractivity contribution in [1.29, 1.82) is 0 Å². The Morgan fingerprint density at radius 3 is 2.60 bits per heavy atom. The van der Waals surface area contributed by atoms with Crippen molar-refractivity contribution in [3.05, 3.63) is 54.6 Å². The van der Waals surface area contributed by atoms with Gasteiger partial charge in [0.15, 0.2) is 0 Å². The molecule has 2 heterocycles. The first kappa shape index (κ1) is 15.9. The predicted molar refractivity (Wildman–Crippen MR) is 100 cm³/mol. The Labute approximate surface area is 150 Å². The Kier molecular flexibility index (Phi) is 4.28. The Balaban J connectivity index is 1.65. The lowest BCUT2D eigenvalue weighted by Gasteiger charge is -2.31. The predicted octanol–water partition coefficient (Wildman–Crippen LogP) is 3.31. The second-order valence-corrected chi connectivity index (χ2v) is 7.00. The molecule has 0 bridgehead atoms. The third-order valence-corrected chi connectivity index (χ3v) is 5.30. The number of thioether (sulfide) groups is 1. The monoisotopic (exact) mass is 351 g/mol. The van der Waals surface area contributed by atoms with Crippen LogP contribution in [0.3, 0.4) is 0 Å².